The second-order valence-electron chi connectivity index (χ2n) is 12.7. The summed E-state index contributed by atoms with van der Waals surface area (Å²) < 4.78 is 16.7. The maximum absolute atomic E-state index is 6.95. The monoisotopic (exact) mass is 409 g/mol. The number of hydrogen-bond acceptors (Lipinski definition) is 3. The summed E-state index contributed by atoms with van der Waals surface area (Å²) in [4.78, 5) is 0. The van der Waals surface area contributed by atoms with Crippen LogP contribution in [0.25, 0.3) is 0 Å². The van der Waals surface area contributed by atoms with E-state index in [0.29, 0.717) is 29.3 Å². The predicted octanol–water partition coefficient (Wildman–Crippen LogP) is 5.64. The van der Waals surface area contributed by atoms with E-state index >= 15 is 0 Å². The van der Waals surface area contributed by atoms with Crippen molar-refractivity contribution in [3.05, 3.63) is 0 Å². The van der Waals surface area contributed by atoms with Gasteiger partial charge in [-0.3, -0.25) is 0 Å². The molecule has 1 heterocycles. The van der Waals surface area contributed by atoms with E-state index in [4.69, 9.17) is 9.31 Å². The molecule has 4 unspecified atom stereocenters. The van der Waals surface area contributed by atoms with Gasteiger partial charge in [0.05, 0.1) is 11.7 Å². The van der Waals surface area contributed by atoms with Gasteiger partial charge in [0.25, 0.3) is 0 Å². The Bertz CT molecular complexity index is 558. The second-order valence-corrected chi connectivity index (χ2v) is 22.8. The normalized spacial score (nSPS) is 36.8. The average Bonchev–Trinajstić information content (AvgIpc) is 2.79. The third-order valence-corrected chi connectivity index (χ3v) is 15.4. The van der Waals surface area contributed by atoms with E-state index in [0.717, 1.165) is 5.92 Å². The third-order valence-electron chi connectivity index (χ3n) is 7.77. The van der Waals surface area contributed by atoms with E-state index in [1.807, 2.05) is 0 Å². The standard InChI is InChI=1S/C21H44BNO2Si2/c1-15(2)12-19(23(26(6,7)8)27(9,10)11)22-24-18-14-16-13-17(20(16,3)4)21(18,5)25-22/h15-19H,12-14H2,1-11H3/t16?,17?,18?,19-,21?/m0/s1. The summed E-state index contributed by atoms with van der Waals surface area (Å²) in [7, 11) is -3.04. The van der Waals surface area contributed by atoms with Gasteiger partial charge in [0.1, 0.15) is 16.5 Å². The Hall–Kier alpha value is 0.379. The molecule has 4 fully saturated rings. The summed E-state index contributed by atoms with van der Waals surface area (Å²) in [5.41, 5.74) is 0.316. The van der Waals surface area contributed by atoms with Gasteiger partial charge >= 0.3 is 7.12 Å². The van der Waals surface area contributed by atoms with Crippen LogP contribution >= 0.6 is 0 Å². The van der Waals surface area contributed by atoms with E-state index in [9.17, 15) is 0 Å². The van der Waals surface area contributed by atoms with Gasteiger partial charge in [-0.25, -0.2) is 0 Å². The van der Waals surface area contributed by atoms with Crippen LogP contribution in [0.1, 0.15) is 53.9 Å². The van der Waals surface area contributed by atoms with Crippen LogP contribution in [0.5, 0.6) is 0 Å². The Labute approximate surface area is 171 Å². The van der Waals surface area contributed by atoms with Crippen molar-refractivity contribution in [3.8, 4) is 0 Å². The molecule has 3 saturated carbocycles. The van der Waals surface area contributed by atoms with Crippen LogP contribution < -0.4 is 0 Å². The van der Waals surface area contributed by atoms with Crippen molar-refractivity contribution in [1.82, 2.24) is 4.23 Å². The second kappa shape index (κ2) is 6.69. The molecule has 0 radical (unpaired) electrons. The maximum Gasteiger partial charge on any atom is 0.474 e. The van der Waals surface area contributed by atoms with Gasteiger partial charge < -0.3 is 13.5 Å². The lowest BCUT2D eigenvalue weighted by molar-refractivity contribution is -0.199. The molecule has 6 heteroatoms. The summed E-state index contributed by atoms with van der Waals surface area (Å²) in [6, 6.07) is 0. The molecule has 4 rings (SSSR count). The minimum Gasteiger partial charge on any atom is -0.404 e. The van der Waals surface area contributed by atoms with Crippen molar-refractivity contribution in [2.75, 3.05) is 0 Å². The largest absolute Gasteiger partial charge is 0.474 e. The van der Waals surface area contributed by atoms with Crippen LogP contribution in [-0.2, 0) is 9.31 Å². The zero-order valence-electron chi connectivity index (χ0n) is 19.8. The highest BCUT2D eigenvalue weighted by Crippen LogP contribution is 2.66. The molecule has 156 valence electrons. The molecule has 3 nitrogen and oxygen atoms in total. The van der Waals surface area contributed by atoms with E-state index in [-0.39, 0.29) is 12.7 Å². The topological polar surface area (TPSA) is 21.7 Å². The molecule has 0 aromatic rings. The van der Waals surface area contributed by atoms with E-state index < -0.39 is 16.5 Å². The van der Waals surface area contributed by atoms with Crippen molar-refractivity contribution in [1.29, 1.82) is 0 Å². The first kappa shape index (κ1) is 22.1. The van der Waals surface area contributed by atoms with Gasteiger partial charge in [-0.2, -0.15) is 0 Å². The molecule has 2 bridgehead atoms. The molecule has 3 aliphatic carbocycles. The first-order valence-corrected chi connectivity index (χ1v) is 18.1. The Morgan fingerprint density at radius 1 is 1.00 bits per heavy atom. The van der Waals surface area contributed by atoms with Gasteiger partial charge in [0.2, 0.25) is 0 Å². The molecule has 0 aromatic carbocycles. The minimum absolute atomic E-state index is 0.0593. The molecular formula is C21H44BNO2Si2. The molecule has 5 atom stereocenters. The molecule has 0 aromatic heterocycles. The van der Waals surface area contributed by atoms with Crippen molar-refractivity contribution in [2.24, 2.45) is 23.2 Å². The fourth-order valence-corrected chi connectivity index (χ4v) is 17.4. The van der Waals surface area contributed by atoms with Crippen LogP contribution in [0.2, 0.25) is 39.3 Å². The van der Waals surface area contributed by atoms with Gasteiger partial charge in [-0.1, -0.05) is 67.0 Å². The fourth-order valence-electron chi connectivity index (χ4n) is 6.89. The van der Waals surface area contributed by atoms with E-state index in [2.05, 4.69) is 78.1 Å². The summed E-state index contributed by atoms with van der Waals surface area (Å²) >= 11 is 0. The Morgan fingerprint density at radius 2 is 1.56 bits per heavy atom. The minimum atomic E-state index is -1.49. The van der Waals surface area contributed by atoms with Crippen molar-refractivity contribution in [3.63, 3.8) is 0 Å². The van der Waals surface area contributed by atoms with Gasteiger partial charge in [0.15, 0.2) is 0 Å². The number of rotatable bonds is 6. The van der Waals surface area contributed by atoms with Gasteiger partial charge in [-0.15, -0.1) is 0 Å². The van der Waals surface area contributed by atoms with Crippen molar-refractivity contribution < 1.29 is 9.31 Å². The molecule has 0 spiro atoms. The molecule has 4 aliphatic rings. The highest BCUT2D eigenvalue weighted by molar-refractivity contribution is 6.90. The third kappa shape index (κ3) is 3.67. The molecule has 0 amide bonds. The van der Waals surface area contributed by atoms with E-state index in [1.54, 1.807) is 0 Å². The lowest BCUT2D eigenvalue weighted by Crippen LogP contribution is -2.68. The Balaban J connectivity index is 1.91. The first-order chi connectivity index (χ1) is 12.1. The zero-order valence-corrected chi connectivity index (χ0v) is 21.8. The number of nitrogens with zero attached hydrogens (tertiary/aromatic N) is 1. The van der Waals surface area contributed by atoms with Gasteiger partial charge in [-0.05, 0) is 49.4 Å². The zero-order chi connectivity index (χ0) is 20.6. The number of hydrogen-bond donors (Lipinski definition) is 0. The molecular weight excluding hydrogens is 365 g/mol. The molecule has 1 saturated heterocycles. The Kier molecular flexibility index (Phi) is 5.47. The van der Waals surface area contributed by atoms with Crippen LogP contribution in [0, 0.1) is 23.2 Å². The first-order valence-electron chi connectivity index (χ1n) is 11.2. The molecule has 27 heavy (non-hydrogen) atoms. The van der Waals surface area contributed by atoms with E-state index in [1.165, 1.54) is 19.3 Å². The fraction of sp³-hybridized carbons (Fsp3) is 1.00. The van der Waals surface area contributed by atoms with Crippen LogP contribution in [0.4, 0.5) is 0 Å². The maximum atomic E-state index is 6.95. The smallest absolute Gasteiger partial charge is 0.404 e. The molecule has 1 aliphatic heterocycles. The highest BCUT2D eigenvalue weighted by Gasteiger charge is 2.69. The van der Waals surface area contributed by atoms with Crippen molar-refractivity contribution >= 4 is 23.6 Å². The summed E-state index contributed by atoms with van der Waals surface area (Å²) in [6.07, 6.45) is 3.97. The van der Waals surface area contributed by atoms with Gasteiger partial charge in [0, 0.05) is 5.94 Å². The Morgan fingerprint density at radius 3 is 2.00 bits per heavy atom. The molecule has 0 N–H and O–H groups in total. The lowest BCUT2D eigenvalue weighted by Gasteiger charge is -2.64. The van der Waals surface area contributed by atoms with Crippen LogP contribution in [0.15, 0.2) is 0 Å². The lowest BCUT2D eigenvalue weighted by atomic mass is 9.43. The van der Waals surface area contributed by atoms with Crippen molar-refractivity contribution in [2.45, 2.75) is 111 Å². The SMILES string of the molecule is CC(C)C[C@@H](B1OC2CC3CC(C3(C)C)C2(C)O1)N([Si](C)(C)C)[Si](C)(C)C. The average molecular weight is 410 g/mol. The summed E-state index contributed by atoms with van der Waals surface area (Å²) in [6.45, 7) is 27.0. The highest BCUT2D eigenvalue weighted by atomic mass is 28.4. The predicted molar refractivity (Wildman–Crippen MR) is 122 cm³/mol. The quantitative estimate of drug-likeness (QED) is 0.530. The summed E-state index contributed by atoms with van der Waals surface area (Å²) in [5, 5.41) is 0. The summed E-state index contributed by atoms with van der Waals surface area (Å²) in [5.74, 6) is 2.51. The van der Waals surface area contributed by atoms with Crippen LogP contribution in [0.3, 0.4) is 0 Å². The van der Waals surface area contributed by atoms with Crippen LogP contribution in [-0.4, -0.2) is 45.5 Å².